The Hall–Kier alpha value is -4.14. The maximum absolute atomic E-state index is 12.6. The van der Waals surface area contributed by atoms with Crippen molar-refractivity contribution in [1.82, 2.24) is 15.1 Å². The molecule has 2 aliphatic carbocycles. The molecule has 0 saturated heterocycles. The molecule has 1 saturated carbocycles. The van der Waals surface area contributed by atoms with Gasteiger partial charge in [0.15, 0.2) is 5.69 Å². The summed E-state index contributed by atoms with van der Waals surface area (Å²) in [6.45, 7) is 0.170. The average molecular weight is 475 g/mol. The number of carboxylic acid groups (broad SMARTS) is 1. The van der Waals surface area contributed by atoms with Crippen molar-refractivity contribution in [2.45, 2.75) is 31.2 Å². The third-order valence-electron chi connectivity index (χ3n) is 6.84. The zero-order valence-corrected chi connectivity index (χ0v) is 19.2. The molecule has 2 aliphatic rings. The minimum atomic E-state index is -0.911. The number of aromatic nitrogens is 2. The fourth-order valence-electron chi connectivity index (χ4n) is 5.10. The molecule has 0 aliphatic heterocycles. The molecule has 0 radical (unpaired) electrons. The summed E-state index contributed by atoms with van der Waals surface area (Å²) in [6, 6.07) is 17.2. The van der Waals surface area contributed by atoms with Gasteiger partial charge in [-0.25, -0.2) is 4.79 Å². The third kappa shape index (κ3) is 4.37. The standard InChI is InChI=1S/C26H26N4O5/c1-30-23(13-22(29-30)24(31)27-21-12-6-11-19(21)25(32)33)28-26(34)35-14-20-17-9-4-2-7-15(17)16-8-3-5-10-18(16)20/h2-5,7-10,13,19-21H,6,11-12,14H2,1H3,(H,27,31)(H,28,34)(H,32,33)/t19-,21+/m1/s1. The zero-order valence-electron chi connectivity index (χ0n) is 19.2. The van der Waals surface area contributed by atoms with Gasteiger partial charge in [0.1, 0.15) is 12.4 Å². The summed E-state index contributed by atoms with van der Waals surface area (Å²) in [4.78, 5) is 36.6. The first-order chi connectivity index (χ1) is 16.9. The number of hydrogen-bond acceptors (Lipinski definition) is 5. The van der Waals surface area contributed by atoms with E-state index in [-0.39, 0.29) is 18.2 Å². The summed E-state index contributed by atoms with van der Waals surface area (Å²) in [5.41, 5.74) is 4.62. The number of amides is 2. The van der Waals surface area contributed by atoms with Crippen molar-refractivity contribution in [2.24, 2.45) is 13.0 Å². The number of nitrogens with one attached hydrogen (secondary N) is 2. The summed E-state index contributed by atoms with van der Waals surface area (Å²) >= 11 is 0. The number of carbonyl (C=O) groups is 3. The molecule has 1 heterocycles. The number of carboxylic acids is 1. The third-order valence-corrected chi connectivity index (χ3v) is 6.84. The van der Waals surface area contributed by atoms with E-state index in [0.29, 0.717) is 18.7 Å². The molecule has 2 aromatic carbocycles. The maximum Gasteiger partial charge on any atom is 0.412 e. The quantitative estimate of drug-likeness (QED) is 0.500. The minimum Gasteiger partial charge on any atom is -0.481 e. The van der Waals surface area contributed by atoms with Gasteiger partial charge in [-0.2, -0.15) is 5.10 Å². The molecule has 2 amide bonds. The van der Waals surface area contributed by atoms with E-state index < -0.39 is 29.9 Å². The number of anilines is 1. The highest BCUT2D eigenvalue weighted by atomic mass is 16.5. The first kappa shape index (κ1) is 22.6. The fraction of sp³-hybridized carbons (Fsp3) is 0.308. The molecule has 0 spiro atoms. The van der Waals surface area contributed by atoms with E-state index in [9.17, 15) is 19.5 Å². The van der Waals surface area contributed by atoms with Crippen LogP contribution in [0.2, 0.25) is 0 Å². The SMILES string of the molecule is Cn1nc(C(=O)N[C@H]2CCC[C@H]2C(=O)O)cc1NC(=O)OCC1c2ccccc2-c2ccccc21. The predicted molar refractivity (Wildman–Crippen MR) is 128 cm³/mol. The molecular formula is C26H26N4O5. The number of ether oxygens (including phenoxy) is 1. The summed E-state index contributed by atoms with van der Waals surface area (Å²) in [7, 11) is 1.60. The van der Waals surface area contributed by atoms with Crippen LogP contribution in [0.3, 0.4) is 0 Å². The van der Waals surface area contributed by atoms with Gasteiger partial charge in [0, 0.05) is 25.1 Å². The van der Waals surface area contributed by atoms with Gasteiger partial charge in [0.25, 0.3) is 5.91 Å². The summed E-state index contributed by atoms with van der Waals surface area (Å²) in [5.74, 6) is -1.74. The summed E-state index contributed by atoms with van der Waals surface area (Å²) in [5, 5.41) is 18.9. The number of carbonyl (C=O) groups excluding carboxylic acids is 2. The Kier molecular flexibility index (Phi) is 5.98. The fourth-order valence-corrected chi connectivity index (χ4v) is 5.10. The van der Waals surface area contributed by atoms with Gasteiger partial charge in [-0.05, 0) is 35.1 Å². The van der Waals surface area contributed by atoms with Gasteiger partial charge in [0.05, 0.1) is 5.92 Å². The lowest BCUT2D eigenvalue weighted by Crippen LogP contribution is -2.40. The van der Waals surface area contributed by atoms with Gasteiger partial charge in [0.2, 0.25) is 0 Å². The van der Waals surface area contributed by atoms with Crippen molar-refractivity contribution in [2.75, 3.05) is 11.9 Å². The molecule has 0 unspecified atom stereocenters. The molecule has 9 heteroatoms. The van der Waals surface area contributed by atoms with E-state index >= 15 is 0 Å². The molecule has 1 aromatic heterocycles. The molecule has 2 atom stereocenters. The van der Waals surface area contributed by atoms with Gasteiger partial charge >= 0.3 is 12.1 Å². The Morgan fingerprint density at radius 2 is 1.71 bits per heavy atom. The average Bonchev–Trinajstić information content (AvgIpc) is 3.54. The molecule has 5 rings (SSSR count). The van der Waals surface area contributed by atoms with Gasteiger partial charge < -0.3 is 15.2 Å². The molecule has 180 valence electrons. The second-order valence-electron chi connectivity index (χ2n) is 8.94. The highest BCUT2D eigenvalue weighted by molar-refractivity contribution is 5.95. The van der Waals surface area contributed by atoms with Crippen LogP contribution in [-0.4, -0.2) is 45.5 Å². The van der Waals surface area contributed by atoms with E-state index in [2.05, 4.69) is 27.9 Å². The second-order valence-corrected chi connectivity index (χ2v) is 8.94. The number of benzene rings is 2. The largest absolute Gasteiger partial charge is 0.481 e. The van der Waals surface area contributed by atoms with Crippen molar-refractivity contribution < 1.29 is 24.2 Å². The van der Waals surface area contributed by atoms with Crippen LogP contribution in [0.4, 0.5) is 10.6 Å². The highest BCUT2D eigenvalue weighted by Gasteiger charge is 2.34. The Balaban J connectivity index is 1.22. The van der Waals surface area contributed by atoms with Gasteiger partial charge in [-0.1, -0.05) is 55.0 Å². The Bertz CT molecular complexity index is 1250. The van der Waals surface area contributed by atoms with E-state index in [1.54, 1.807) is 7.05 Å². The van der Waals surface area contributed by atoms with Crippen LogP contribution in [-0.2, 0) is 16.6 Å². The van der Waals surface area contributed by atoms with E-state index in [4.69, 9.17) is 4.74 Å². The number of hydrogen-bond donors (Lipinski definition) is 3. The lowest BCUT2D eigenvalue weighted by atomic mass is 9.98. The van der Waals surface area contributed by atoms with Crippen LogP contribution in [0, 0.1) is 5.92 Å². The van der Waals surface area contributed by atoms with Crippen molar-refractivity contribution in [3.05, 3.63) is 71.4 Å². The first-order valence-corrected chi connectivity index (χ1v) is 11.6. The molecule has 0 bridgehead atoms. The second kappa shape index (κ2) is 9.25. The Labute approximate surface area is 202 Å². The number of aliphatic carboxylic acids is 1. The number of rotatable bonds is 6. The van der Waals surface area contributed by atoms with Crippen molar-refractivity contribution in [3.8, 4) is 11.1 Å². The monoisotopic (exact) mass is 474 g/mol. The Morgan fingerprint density at radius 1 is 1.06 bits per heavy atom. The molecule has 3 aromatic rings. The number of nitrogens with zero attached hydrogens (tertiary/aromatic N) is 2. The van der Waals surface area contributed by atoms with E-state index in [0.717, 1.165) is 28.7 Å². The zero-order chi connectivity index (χ0) is 24.5. The van der Waals surface area contributed by atoms with Crippen LogP contribution in [0.1, 0.15) is 46.8 Å². The first-order valence-electron chi connectivity index (χ1n) is 11.6. The van der Waals surface area contributed by atoms with Crippen LogP contribution in [0.25, 0.3) is 11.1 Å². The van der Waals surface area contributed by atoms with Gasteiger partial charge in [-0.15, -0.1) is 0 Å². The predicted octanol–water partition coefficient (Wildman–Crippen LogP) is 3.76. The lowest BCUT2D eigenvalue weighted by molar-refractivity contribution is -0.142. The smallest absolute Gasteiger partial charge is 0.412 e. The molecule has 35 heavy (non-hydrogen) atoms. The number of fused-ring (bicyclic) bond motifs is 3. The van der Waals surface area contributed by atoms with Crippen LogP contribution >= 0.6 is 0 Å². The van der Waals surface area contributed by atoms with Crippen LogP contribution in [0.5, 0.6) is 0 Å². The highest BCUT2D eigenvalue weighted by Crippen LogP contribution is 2.44. The Morgan fingerprint density at radius 3 is 2.37 bits per heavy atom. The van der Waals surface area contributed by atoms with E-state index in [1.807, 2.05) is 36.4 Å². The number of aryl methyl sites for hydroxylation is 1. The summed E-state index contributed by atoms with van der Waals surface area (Å²) in [6.07, 6.45) is 1.25. The van der Waals surface area contributed by atoms with Crippen molar-refractivity contribution in [1.29, 1.82) is 0 Å². The van der Waals surface area contributed by atoms with Crippen molar-refractivity contribution in [3.63, 3.8) is 0 Å². The molecular weight excluding hydrogens is 448 g/mol. The summed E-state index contributed by atoms with van der Waals surface area (Å²) < 4.78 is 6.93. The van der Waals surface area contributed by atoms with Gasteiger partial charge in [-0.3, -0.25) is 19.6 Å². The van der Waals surface area contributed by atoms with Crippen LogP contribution < -0.4 is 10.6 Å². The lowest BCUT2D eigenvalue weighted by Gasteiger charge is -2.16. The topological polar surface area (TPSA) is 123 Å². The van der Waals surface area contributed by atoms with Crippen molar-refractivity contribution >= 4 is 23.8 Å². The van der Waals surface area contributed by atoms with Crippen LogP contribution in [0.15, 0.2) is 54.6 Å². The van der Waals surface area contributed by atoms with E-state index in [1.165, 1.54) is 10.7 Å². The molecule has 9 nitrogen and oxygen atoms in total. The molecule has 3 N–H and O–H groups in total. The normalized spacial score (nSPS) is 18.5. The maximum atomic E-state index is 12.6. The molecule has 1 fully saturated rings. The minimum absolute atomic E-state index is 0.0605.